The van der Waals surface area contributed by atoms with E-state index in [9.17, 15) is 4.79 Å². The number of benzene rings is 3. The first-order valence-electron chi connectivity index (χ1n) is 11.9. The molecule has 0 radical (unpaired) electrons. The number of carbonyl (C=O) groups excluding carboxylic acids is 1. The van der Waals surface area contributed by atoms with E-state index >= 15 is 0 Å². The number of fused-ring (bicyclic) bond motifs is 2. The van der Waals surface area contributed by atoms with Crippen molar-refractivity contribution in [3.8, 4) is 34.9 Å². The highest BCUT2D eigenvalue weighted by Crippen LogP contribution is 2.36. The SMILES string of the molecule is C#Cc1cccc2c1c(Cl)c(C(=O)OCC)n2-c1ccc(OC2CCCC2)cc1.c1cc2cc-2c1. The van der Waals surface area contributed by atoms with Crippen molar-refractivity contribution in [2.45, 2.75) is 38.7 Å². The molecular formula is C30H26ClNO3. The van der Waals surface area contributed by atoms with Crippen LogP contribution in [0, 0.1) is 12.3 Å². The molecule has 0 atom stereocenters. The van der Waals surface area contributed by atoms with E-state index in [1.54, 1.807) is 11.5 Å². The average molecular weight is 484 g/mol. The van der Waals surface area contributed by atoms with E-state index in [0.717, 1.165) is 29.8 Å². The smallest absolute Gasteiger partial charge is 0.356 e. The van der Waals surface area contributed by atoms with Gasteiger partial charge in [-0.15, -0.1) is 6.42 Å². The van der Waals surface area contributed by atoms with Gasteiger partial charge in [0.15, 0.2) is 5.69 Å². The first-order chi connectivity index (χ1) is 17.1. The van der Waals surface area contributed by atoms with Crippen LogP contribution in [-0.4, -0.2) is 23.2 Å². The van der Waals surface area contributed by atoms with Crippen LogP contribution in [0.4, 0.5) is 0 Å². The Balaban J connectivity index is 0.000000362. The Morgan fingerprint density at radius 1 is 1.06 bits per heavy atom. The first kappa shape index (κ1) is 23.1. The van der Waals surface area contributed by atoms with Gasteiger partial charge >= 0.3 is 5.97 Å². The van der Waals surface area contributed by atoms with E-state index in [1.165, 1.54) is 24.0 Å². The van der Waals surface area contributed by atoms with Crippen LogP contribution < -0.4 is 4.74 Å². The molecule has 35 heavy (non-hydrogen) atoms. The molecule has 5 heteroatoms. The van der Waals surface area contributed by atoms with Crippen LogP contribution in [0.2, 0.25) is 5.02 Å². The number of aromatic nitrogens is 1. The molecule has 0 N–H and O–H groups in total. The lowest BCUT2D eigenvalue weighted by Crippen LogP contribution is -2.12. The third-order valence-electron chi connectivity index (χ3n) is 6.37. The van der Waals surface area contributed by atoms with E-state index in [-0.39, 0.29) is 18.4 Å². The highest BCUT2D eigenvalue weighted by atomic mass is 35.5. The maximum absolute atomic E-state index is 12.7. The zero-order chi connectivity index (χ0) is 24.4. The molecule has 1 aromatic heterocycles. The van der Waals surface area contributed by atoms with Crippen LogP contribution in [0.1, 0.15) is 48.7 Å². The normalized spacial score (nSPS) is 13.6. The molecule has 4 nitrogen and oxygen atoms in total. The molecule has 0 bridgehead atoms. The second-order valence-corrected chi connectivity index (χ2v) is 9.04. The second-order valence-electron chi connectivity index (χ2n) is 8.66. The van der Waals surface area contributed by atoms with Gasteiger partial charge in [0, 0.05) is 16.6 Å². The number of esters is 1. The molecule has 0 saturated heterocycles. The van der Waals surface area contributed by atoms with E-state index in [2.05, 4.69) is 30.2 Å². The minimum absolute atomic E-state index is 0.257. The quantitative estimate of drug-likeness (QED) is 0.193. The minimum Gasteiger partial charge on any atom is -0.490 e. The molecule has 0 spiro atoms. The Hall–Kier alpha value is -3.68. The standard InChI is InChI=1S/C24H22ClNO3.C6H4/c1-3-16-8-7-11-20-21(16)22(25)23(24(27)28-4-2)26(20)17-12-14-19(15-13-17)29-18-9-5-6-10-18;1-2-5-4-6(5)3-1/h1,7-8,11-15,18H,4-6,9-10H2,2H3;1-4H. The van der Waals surface area contributed by atoms with Crippen molar-refractivity contribution in [2.75, 3.05) is 6.61 Å². The Kier molecular flexibility index (Phi) is 6.53. The first-order valence-corrected chi connectivity index (χ1v) is 12.3. The molecule has 3 aliphatic carbocycles. The monoisotopic (exact) mass is 483 g/mol. The van der Waals surface area contributed by atoms with Crippen molar-refractivity contribution in [3.05, 3.63) is 83.0 Å². The van der Waals surface area contributed by atoms with Gasteiger partial charge in [0.25, 0.3) is 0 Å². The lowest BCUT2D eigenvalue weighted by molar-refractivity contribution is 0.0517. The summed E-state index contributed by atoms with van der Waals surface area (Å²) in [6.45, 7) is 2.02. The minimum atomic E-state index is -0.483. The van der Waals surface area contributed by atoms with E-state index in [0.29, 0.717) is 16.0 Å². The lowest BCUT2D eigenvalue weighted by Gasteiger charge is -2.15. The fraction of sp³-hybridized carbons (Fsp3) is 0.233. The Labute approximate surface area is 210 Å². The molecule has 0 aliphatic heterocycles. The van der Waals surface area contributed by atoms with Crippen molar-refractivity contribution in [1.29, 1.82) is 0 Å². The molecular weight excluding hydrogens is 458 g/mol. The number of rotatable bonds is 5. The molecule has 3 aliphatic rings. The maximum atomic E-state index is 12.7. The van der Waals surface area contributed by atoms with Gasteiger partial charge in [-0.2, -0.15) is 0 Å². The van der Waals surface area contributed by atoms with Gasteiger partial charge in [-0.3, -0.25) is 0 Å². The van der Waals surface area contributed by atoms with Gasteiger partial charge < -0.3 is 14.0 Å². The van der Waals surface area contributed by atoms with E-state index in [4.69, 9.17) is 27.5 Å². The van der Waals surface area contributed by atoms with Crippen molar-refractivity contribution in [1.82, 2.24) is 4.57 Å². The summed E-state index contributed by atoms with van der Waals surface area (Å²) in [7, 11) is 0. The largest absolute Gasteiger partial charge is 0.490 e. The Morgan fingerprint density at radius 2 is 1.74 bits per heavy atom. The molecule has 3 aromatic rings. The molecule has 1 saturated carbocycles. The van der Waals surface area contributed by atoms with Gasteiger partial charge in [-0.05, 0) is 86.2 Å². The second kappa shape index (κ2) is 9.90. The van der Waals surface area contributed by atoms with Crippen molar-refractivity contribution in [2.24, 2.45) is 0 Å². The summed E-state index contributed by atoms with van der Waals surface area (Å²) in [6.07, 6.45) is 10.6. The van der Waals surface area contributed by atoms with Crippen LogP contribution in [0.5, 0.6) is 5.75 Å². The third-order valence-corrected chi connectivity index (χ3v) is 6.74. The molecule has 6 rings (SSSR count). The maximum Gasteiger partial charge on any atom is 0.356 e. The summed E-state index contributed by atoms with van der Waals surface area (Å²) in [6, 6.07) is 21.7. The predicted molar refractivity (Wildman–Crippen MR) is 140 cm³/mol. The number of halogens is 1. The van der Waals surface area contributed by atoms with Gasteiger partial charge in [0.05, 0.1) is 23.3 Å². The van der Waals surface area contributed by atoms with Crippen LogP contribution in [0.3, 0.4) is 0 Å². The zero-order valence-corrected chi connectivity index (χ0v) is 20.3. The molecule has 0 amide bonds. The number of hydrogen-bond acceptors (Lipinski definition) is 3. The Morgan fingerprint density at radius 3 is 2.31 bits per heavy atom. The van der Waals surface area contributed by atoms with Gasteiger partial charge in [0.1, 0.15) is 5.75 Å². The van der Waals surface area contributed by atoms with E-state index in [1.807, 2.05) is 42.5 Å². The molecule has 1 heterocycles. The summed E-state index contributed by atoms with van der Waals surface area (Å²) >= 11 is 6.63. The number of ether oxygens (including phenoxy) is 2. The number of terminal acetylenes is 1. The average Bonchev–Trinajstić information content (AvgIpc) is 3.23. The number of carbonyl (C=O) groups is 1. The highest BCUT2D eigenvalue weighted by Gasteiger charge is 2.25. The number of hydrogen-bond donors (Lipinski definition) is 0. The predicted octanol–water partition coefficient (Wildman–Crippen LogP) is 7.43. The fourth-order valence-electron chi connectivity index (χ4n) is 4.61. The Bertz CT molecular complexity index is 1410. The molecule has 1 fully saturated rings. The molecule has 2 aromatic carbocycles. The van der Waals surface area contributed by atoms with Crippen LogP contribution in [-0.2, 0) is 4.74 Å². The summed E-state index contributed by atoms with van der Waals surface area (Å²) in [5, 5.41) is 0.976. The van der Waals surface area contributed by atoms with Gasteiger partial charge in [-0.25, -0.2) is 4.79 Å². The fourth-order valence-corrected chi connectivity index (χ4v) is 4.97. The summed E-state index contributed by atoms with van der Waals surface area (Å²) in [5.74, 6) is 2.99. The van der Waals surface area contributed by atoms with Crippen LogP contribution in [0.25, 0.3) is 27.7 Å². The van der Waals surface area contributed by atoms with Crippen molar-refractivity contribution >= 4 is 28.5 Å². The highest BCUT2D eigenvalue weighted by molar-refractivity contribution is 6.39. The third kappa shape index (κ3) is 4.65. The van der Waals surface area contributed by atoms with Crippen LogP contribution >= 0.6 is 11.6 Å². The summed E-state index contributed by atoms with van der Waals surface area (Å²) in [5.41, 5.74) is 5.31. The topological polar surface area (TPSA) is 40.5 Å². The van der Waals surface area contributed by atoms with Crippen LogP contribution in [0.15, 0.2) is 66.7 Å². The zero-order valence-electron chi connectivity index (χ0n) is 19.6. The summed E-state index contributed by atoms with van der Waals surface area (Å²) in [4.78, 5) is 12.7. The van der Waals surface area contributed by atoms with Crippen molar-refractivity contribution in [3.63, 3.8) is 0 Å². The molecule has 176 valence electrons. The summed E-state index contributed by atoms with van der Waals surface area (Å²) < 4.78 is 13.1. The van der Waals surface area contributed by atoms with Gasteiger partial charge in [-0.1, -0.05) is 41.8 Å². The van der Waals surface area contributed by atoms with E-state index < -0.39 is 5.97 Å². The molecule has 0 unspecified atom stereocenters. The lowest BCUT2D eigenvalue weighted by atomic mass is 10.1. The van der Waals surface area contributed by atoms with Crippen molar-refractivity contribution < 1.29 is 14.3 Å². The van der Waals surface area contributed by atoms with Gasteiger partial charge in [0.2, 0.25) is 0 Å². The number of nitrogens with zero attached hydrogens (tertiary/aromatic N) is 1.